The van der Waals surface area contributed by atoms with E-state index in [0.29, 0.717) is 0 Å². The summed E-state index contributed by atoms with van der Waals surface area (Å²) in [6.07, 6.45) is 1.72. The Morgan fingerprint density at radius 2 is 2.09 bits per heavy atom. The highest BCUT2D eigenvalue weighted by Crippen LogP contribution is 2.34. The molecule has 1 aliphatic rings. The van der Waals surface area contributed by atoms with Gasteiger partial charge in [0, 0.05) is 30.1 Å². The number of aromatic amines is 1. The van der Waals surface area contributed by atoms with Crippen LogP contribution in [-0.4, -0.2) is 30.8 Å². The fourth-order valence-corrected chi connectivity index (χ4v) is 3.45. The Hall–Kier alpha value is -1.84. The predicted octanol–water partition coefficient (Wildman–Crippen LogP) is 3.17. The van der Waals surface area contributed by atoms with Gasteiger partial charge < -0.3 is 14.6 Å². The summed E-state index contributed by atoms with van der Waals surface area (Å²) in [6.45, 7) is 3.61. The highest BCUT2D eigenvalue weighted by Gasteiger charge is 2.31. The Morgan fingerprint density at radius 1 is 1.39 bits per heavy atom. The van der Waals surface area contributed by atoms with E-state index >= 15 is 0 Å². The molecule has 1 aliphatic heterocycles. The Bertz CT molecular complexity index is 845. The summed E-state index contributed by atoms with van der Waals surface area (Å²) in [5.41, 5.74) is 1.17. The molecule has 1 N–H and O–H groups in total. The first-order chi connectivity index (χ1) is 11.0. The first kappa shape index (κ1) is 16.0. The van der Waals surface area contributed by atoms with Crippen molar-refractivity contribution in [3.05, 3.63) is 38.6 Å². The number of hydrogen-bond donors (Lipinski definition) is 1. The van der Waals surface area contributed by atoms with Crippen LogP contribution in [0.3, 0.4) is 0 Å². The zero-order valence-corrected chi connectivity index (χ0v) is 14.7. The summed E-state index contributed by atoms with van der Waals surface area (Å²) < 4.78 is 6.50. The number of aromatic nitrogens is 1. The van der Waals surface area contributed by atoms with Crippen molar-refractivity contribution in [3.8, 4) is 6.07 Å². The lowest BCUT2D eigenvalue weighted by molar-refractivity contribution is -0.0132. The van der Waals surface area contributed by atoms with Gasteiger partial charge in [-0.1, -0.05) is 15.9 Å². The van der Waals surface area contributed by atoms with E-state index in [1.807, 2.05) is 18.2 Å². The predicted molar refractivity (Wildman–Crippen MR) is 93.8 cm³/mol. The number of nitrogens with zero attached hydrogens (tertiary/aromatic N) is 2. The Balaban J connectivity index is 2.14. The van der Waals surface area contributed by atoms with Crippen molar-refractivity contribution in [2.75, 3.05) is 25.1 Å². The molecule has 0 bridgehead atoms. The van der Waals surface area contributed by atoms with Crippen LogP contribution in [0.15, 0.2) is 27.5 Å². The molecule has 0 amide bonds. The molecule has 23 heavy (non-hydrogen) atoms. The van der Waals surface area contributed by atoms with Gasteiger partial charge in [0.25, 0.3) is 5.56 Å². The number of H-pyrrole nitrogens is 1. The van der Waals surface area contributed by atoms with E-state index < -0.39 is 0 Å². The third-order valence-electron chi connectivity index (χ3n) is 4.69. The van der Waals surface area contributed by atoms with Gasteiger partial charge in [0.1, 0.15) is 11.6 Å². The molecule has 5 nitrogen and oxygen atoms in total. The van der Waals surface area contributed by atoms with Crippen LogP contribution in [0.25, 0.3) is 10.9 Å². The number of anilines is 1. The number of nitrogens with one attached hydrogen (secondary N) is 1. The van der Waals surface area contributed by atoms with Crippen LogP contribution in [0, 0.1) is 11.3 Å². The van der Waals surface area contributed by atoms with E-state index in [2.05, 4.69) is 38.8 Å². The Labute approximate surface area is 143 Å². The number of benzene rings is 1. The van der Waals surface area contributed by atoms with Crippen LogP contribution < -0.4 is 10.5 Å². The number of hydrogen-bond acceptors (Lipinski definition) is 4. The largest absolute Gasteiger partial charge is 0.378 e. The van der Waals surface area contributed by atoms with Gasteiger partial charge in [0.05, 0.1) is 16.8 Å². The quantitative estimate of drug-likeness (QED) is 0.874. The molecular formula is C17H18BrN3O2. The maximum atomic E-state index is 12.3. The lowest BCUT2D eigenvalue weighted by Gasteiger charge is -2.40. The van der Waals surface area contributed by atoms with Gasteiger partial charge in [-0.15, -0.1) is 0 Å². The van der Waals surface area contributed by atoms with Crippen LogP contribution in [0.4, 0.5) is 5.69 Å². The van der Waals surface area contributed by atoms with Crippen LogP contribution in [0.2, 0.25) is 0 Å². The van der Waals surface area contributed by atoms with E-state index in [4.69, 9.17) is 4.74 Å². The molecule has 1 saturated heterocycles. The van der Waals surface area contributed by atoms with Crippen molar-refractivity contribution in [1.29, 1.82) is 5.26 Å². The number of nitriles is 1. The second-order valence-electron chi connectivity index (χ2n) is 6.12. The van der Waals surface area contributed by atoms with Crippen molar-refractivity contribution in [3.63, 3.8) is 0 Å². The maximum absolute atomic E-state index is 12.3. The third kappa shape index (κ3) is 2.87. The molecule has 0 saturated carbocycles. The topological polar surface area (TPSA) is 69.1 Å². The number of piperidine rings is 1. The van der Waals surface area contributed by atoms with Gasteiger partial charge in [-0.2, -0.15) is 5.26 Å². The average molecular weight is 376 g/mol. The molecule has 1 aromatic heterocycles. The van der Waals surface area contributed by atoms with Crippen molar-refractivity contribution >= 4 is 32.5 Å². The minimum atomic E-state index is -0.336. The highest BCUT2D eigenvalue weighted by molar-refractivity contribution is 9.10. The number of fused-ring (bicyclic) bond motifs is 1. The van der Waals surface area contributed by atoms with Crippen molar-refractivity contribution in [2.45, 2.75) is 25.4 Å². The SMILES string of the molecule is COC1(C)CCN(c2c(C#N)c(=O)[nH]c3ccc(Br)cc23)CC1. The fraction of sp³-hybridized carbons (Fsp3) is 0.412. The van der Waals surface area contributed by atoms with E-state index in [1.165, 1.54) is 0 Å². The summed E-state index contributed by atoms with van der Waals surface area (Å²) in [5, 5.41) is 10.4. The van der Waals surface area contributed by atoms with Gasteiger partial charge >= 0.3 is 0 Å². The van der Waals surface area contributed by atoms with Gasteiger partial charge in [0.2, 0.25) is 0 Å². The molecule has 2 heterocycles. The molecule has 0 radical (unpaired) electrons. The van der Waals surface area contributed by atoms with Crippen LogP contribution in [0.1, 0.15) is 25.3 Å². The number of pyridine rings is 1. The average Bonchev–Trinajstić information content (AvgIpc) is 2.55. The van der Waals surface area contributed by atoms with Crippen LogP contribution in [-0.2, 0) is 4.74 Å². The van der Waals surface area contributed by atoms with Gasteiger partial charge in [-0.3, -0.25) is 4.79 Å². The lowest BCUT2D eigenvalue weighted by atomic mass is 9.92. The molecule has 0 aliphatic carbocycles. The first-order valence-corrected chi connectivity index (χ1v) is 8.32. The van der Waals surface area contributed by atoms with Crippen molar-refractivity contribution < 1.29 is 4.74 Å². The van der Waals surface area contributed by atoms with Crippen LogP contribution >= 0.6 is 15.9 Å². The van der Waals surface area contributed by atoms with E-state index in [0.717, 1.165) is 47.0 Å². The van der Waals surface area contributed by atoms with E-state index in [9.17, 15) is 10.1 Å². The second-order valence-corrected chi connectivity index (χ2v) is 7.04. The number of halogens is 1. The summed E-state index contributed by atoms with van der Waals surface area (Å²) in [5.74, 6) is 0. The zero-order chi connectivity index (χ0) is 16.6. The van der Waals surface area contributed by atoms with Crippen LogP contribution in [0.5, 0.6) is 0 Å². The fourth-order valence-electron chi connectivity index (χ4n) is 3.09. The van der Waals surface area contributed by atoms with Gasteiger partial charge in [-0.25, -0.2) is 0 Å². The molecule has 0 spiro atoms. The summed E-state index contributed by atoms with van der Waals surface area (Å²) in [7, 11) is 1.73. The molecule has 3 rings (SSSR count). The Morgan fingerprint density at radius 3 is 2.70 bits per heavy atom. The third-order valence-corrected chi connectivity index (χ3v) is 5.18. The van der Waals surface area contributed by atoms with Gasteiger partial charge in [0.15, 0.2) is 0 Å². The van der Waals surface area contributed by atoms with E-state index in [1.54, 1.807) is 7.11 Å². The normalized spacial score (nSPS) is 17.2. The number of rotatable bonds is 2. The second kappa shape index (κ2) is 5.99. The summed E-state index contributed by atoms with van der Waals surface area (Å²) in [6, 6.07) is 7.76. The number of ether oxygens (including phenoxy) is 1. The molecule has 120 valence electrons. The van der Waals surface area contributed by atoms with Crippen molar-refractivity contribution in [2.24, 2.45) is 0 Å². The molecule has 6 heteroatoms. The first-order valence-electron chi connectivity index (χ1n) is 7.53. The smallest absolute Gasteiger partial charge is 0.268 e. The summed E-state index contributed by atoms with van der Waals surface area (Å²) in [4.78, 5) is 17.2. The standard InChI is InChI=1S/C17H18BrN3O2/c1-17(23-2)5-7-21(8-6-17)15-12-9-11(18)3-4-14(12)20-16(22)13(15)10-19/h3-4,9H,5-8H2,1-2H3,(H,20,22). The minimum Gasteiger partial charge on any atom is -0.378 e. The molecular weight excluding hydrogens is 358 g/mol. The highest BCUT2D eigenvalue weighted by atomic mass is 79.9. The monoisotopic (exact) mass is 375 g/mol. The zero-order valence-electron chi connectivity index (χ0n) is 13.1. The lowest BCUT2D eigenvalue weighted by Crippen LogP contribution is -2.44. The summed E-state index contributed by atoms with van der Waals surface area (Å²) >= 11 is 3.47. The molecule has 0 unspecified atom stereocenters. The molecule has 1 aromatic carbocycles. The Kier molecular flexibility index (Phi) is 4.17. The maximum Gasteiger partial charge on any atom is 0.268 e. The molecule has 2 aromatic rings. The molecule has 1 fully saturated rings. The minimum absolute atomic E-state index is 0.138. The molecule has 0 atom stereocenters. The van der Waals surface area contributed by atoms with Gasteiger partial charge in [-0.05, 0) is 38.0 Å². The van der Waals surface area contributed by atoms with E-state index in [-0.39, 0.29) is 16.7 Å². The van der Waals surface area contributed by atoms with Crippen molar-refractivity contribution in [1.82, 2.24) is 4.98 Å². The number of methoxy groups -OCH3 is 1.